The molecule has 2 aromatic heterocycles. The van der Waals surface area contributed by atoms with Crippen LogP contribution < -0.4 is 9.80 Å². The molecule has 4 fully saturated rings. The van der Waals surface area contributed by atoms with Crippen LogP contribution in [0.4, 0.5) is 11.6 Å². The molecule has 200 valence electrons. The first-order valence-corrected chi connectivity index (χ1v) is 15.9. The van der Waals surface area contributed by atoms with Crippen LogP contribution in [0.15, 0.2) is 35.4 Å². The monoisotopic (exact) mass is 520 g/mol. The maximum Gasteiger partial charge on any atom is 0.130 e. The Morgan fingerprint density at radius 2 is 1.43 bits per heavy atom. The molecule has 1 unspecified atom stereocenters. The summed E-state index contributed by atoms with van der Waals surface area (Å²) < 4.78 is 0. The van der Waals surface area contributed by atoms with Gasteiger partial charge in [0.05, 0.1) is 5.03 Å². The number of likely N-dealkylation sites (tertiary alicyclic amines) is 2. The van der Waals surface area contributed by atoms with Gasteiger partial charge in [-0.25, -0.2) is 9.97 Å². The molecule has 0 spiro atoms. The van der Waals surface area contributed by atoms with Crippen molar-refractivity contribution in [2.75, 3.05) is 68.4 Å². The van der Waals surface area contributed by atoms with Gasteiger partial charge in [0.25, 0.3) is 0 Å². The van der Waals surface area contributed by atoms with Crippen LogP contribution in [0, 0.1) is 0 Å². The van der Waals surface area contributed by atoms with Crippen LogP contribution in [0.2, 0.25) is 0 Å². The number of pyridine rings is 2. The molecule has 3 atom stereocenters. The van der Waals surface area contributed by atoms with E-state index in [0.717, 1.165) is 43.4 Å². The van der Waals surface area contributed by atoms with E-state index < -0.39 is 0 Å². The van der Waals surface area contributed by atoms with Crippen LogP contribution in [0.5, 0.6) is 0 Å². The number of aromatic nitrogens is 2. The first-order chi connectivity index (χ1) is 18.2. The highest BCUT2D eigenvalue weighted by Crippen LogP contribution is 2.30. The van der Waals surface area contributed by atoms with Gasteiger partial charge >= 0.3 is 0 Å². The lowest BCUT2D eigenvalue weighted by Gasteiger charge is -2.25. The van der Waals surface area contributed by atoms with Gasteiger partial charge in [-0.15, -0.1) is 11.8 Å². The topological polar surface area (TPSA) is 38.7 Å². The summed E-state index contributed by atoms with van der Waals surface area (Å²) in [6, 6.07) is 12.7. The average molecular weight is 521 g/mol. The third-order valence-corrected chi connectivity index (χ3v) is 9.78. The molecule has 2 aromatic rings. The molecule has 6 heterocycles. The zero-order valence-electron chi connectivity index (χ0n) is 22.8. The molecule has 6 rings (SSSR count). The highest BCUT2D eigenvalue weighted by atomic mass is 32.2. The number of rotatable bonds is 8. The molecule has 37 heavy (non-hydrogen) atoms. The van der Waals surface area contributed by atoms with Gasteiger partial charge in [-0.3, -0.25) is 9.80 Å². The molecule has 0 saturated carbocycles. The number of hydrogen-bond acceptors (Lipinski definition) is 7. The van der Waals surface area contributed by atoms with E-state index in [1.807, 2.05) is 0 Å². The summed E-state index contributed by atoms with van der Waals surface area (Å²) in [5.74, 6) is 2.71. The van der Waals surface area contributed by atoms with E-state index in [1.54, 1.807) is 11.8 Å². The largest absolute Gasteiger partial charge is 0.355 e. The fourth-order valence-electron chi connectivity index (χ4n) is 6.99. The lowest BCUT2D eigenvalue weighted by molar-refractivity contribution is 0.260. The van der Waals surface area contributed by atoms with Gasteiger partial charge in [-0.1, -0.05) is 13.0 Å². The van der Waals surface area contributed by atoms with Crippen LogP contribution in [-0.4, -0.2) is 90.5 Å². The molecular weight excluding hydrogens is 476 g/mol. The van der Waals surface area contributed by atoms with E-state index in [0.29, 0.717) is 18.0 Å². The second kappa shape index (κ2) is 11.5. The van der Waals surface area contributed by atoms with Gasteiger partial charge in [-0.05, 0) is 107 Å². The zero-order valence-corrected chi connectivity index (χ0v) is 23.6. The summed E-state index contributed by atoms with van der Waals surface area (Å²) in [5, 5.41) is 1.14. The van der Waals surface area contributed by atoms with E-state index in [-0.39, 0.29) is 0 Å². The van der Waals surface area contributed by atoms with Gasteiger partial charge in [0.1, 0.15) is 11.6 Å². The van der Waals surface area contributed by atoms with Crippen LogP contribution in [0.25, 0.3) is 0 Å². The quantitative estimate of drug-likeness (QED) is 0.459. The first kappa shape index (κ1) is 25.4. The van der Waals surface area contributed by atoms with E-state index in [2.05, 4.69) is 63.1 Å². The number of thioether (sulfide) groups is 1. The predicted octanol–water partition coefficient (Wildman–Crippen LogP) is 4.89. The summed E-state index contributed by atoms with van der Waals surface area (Å²) >= 11 is 1.76. The van der Waals surface area contributed by atoms with Crippen molar-refractivity contribution in [1.29, 1.82) is 0 Å². The van der Waals surface area contributed by atoms with Crippen molar-refractivity contribution in [3.8, 4) is 0 Å². The smallest absolute Gasteiger partial charge is 0.130 e. The van der Waals surface area contributed by atoms with Crippen molar-refractivity contribution < 1.29 is 0 Å². The van der Waals surface area contributed by atoms with Crippen molar-refractivity contribution in [3.05, 3.63) is 41.6 Å². The summed E-state index contributed by atoms with van der Waals surface area (Å²) in [5.41, 5.74) is 2.59. The minimum absolute atomic E-state index is 0.373. The van der Waals surface area contributed by atoms with Crippen LogP contribution in [0.3, 0.4) is 0 Å². The Labute approximate surface area is 227 Å². The Morgan fingerprint density at radius 3 is 2.05 bits per heavy atom. The summed E-state index contributed by atoms with van der Waals surface area (Å²) in [6.45, 7) is 12.0. The first-order valence-electron chi connectivity index (χ1n) is 14.7. The number of nitrogens with zero attached hydrogens (tertiary/aromatic N) is 6. The number of hydrogen-bond donors (Lipinski definition) is 0. The van der Waals surface area contributed by atoms with Crippen LogP contribution in [0.1, 0.15) is 62.6 Å². The van der Waals surface area contributed by atoms with Crippen LogP contribution in [-0.2, 0) is 6.42 Å². The summed E-state index contributed by atoms with van der Waals surface area (Å²) in [7, 11) is 0. The molecule has 4 saturated heterocycles. The van der Waals surface area contributed by atoms with Crippen molar-refractivity contribution in [1.82, 2.24) is 19.8 Å². The van der Waals surface area contributed by atoms with Crippen molar-refractivity contribution in [2.45, 2.75) is 74.9 Å². The Kier molecular flexibility index (Phi) is 7.91. The molecule has 4 aliphatic heterocycles. The average Bonchev–Trinajstić information content (AvgIpc) is 3.75. The third-order valence-electron chi connectivity index (χ3n) is 9.15. The van der Waals surface area contributed by atoms with E-state index in [9.17, 15) is 0 Å². The van der Waals surface area contributed by atoms with Crippen molar-refractivity contribution >= 4 is 23.4 Å². The van der Waals surface area contributed by atoms with E-state index >= 15 is 0 Å². The van der Waals surface area contributed by atoms with Crippen LogP contribution >= 0.6 is 11.8 Å². The molecule has 0 N–H and O–H groups in total. The SMILES string of the molecule is CSc1cc(CC(C)c2cccc(N3CC[C@@H](N4CCCC4)C3)n2)cc(N2CC[C@H](N3CCCC3)C2)n1. The molecule has 0 bridgehead atoms. The van der Waals surface area contributed by atoms with Gasteiger partial charge in [0, 0.05) is 49.9 Å². The molecule has 0 radical (unpaired) electrons. The molecule has 0 aliphatic carbocycles. The van der Waals surface area contributed by atoms with Gasteiger partial charge in [-0.2, -0.15) is 0 Å². The molecule has 6 nitrogen and oxygen atoms in total. The fraction of sp³-hybridized carbons (Fsp3) is 0.667. The molecule has 7 heteroatoms. The van der Waals surface area contributed by atoms with E-state index in [4.69, 9.17) is 9.97 Å². The Balaban J connectivity index is 1.12. The molecule has 4 aliphatic rings. The Morgan fingerprint density at radius 1 is 0.811 bits per heavy atom. The lowest BCUT2D eigenvalue weighted by atomic mass is 9.98. The minimum atomic E-state index is 0.373. The second-order valence-electron chi connectivity index (χ2n) is 11.7. The fourth-order valence-corrected chi connectivity index (χ4v) is 7.44. The zero-order chi connectivity index (χ0) is 25.2. The maximum absolute atomic E-state index is 5.18. The van der Waals surface area contributed by atoms with Gasteiger partial charge < -0.3 is 9.80 Å². The summed E-state index contributed by atoms with van der Waals surface area (Å²) in [6.07, 6.45) is 11.2. The van der Waals surface area contributed by atoms with Crippen molar-refractivity contribution in [2.24, 2.45) is 0 Å². The van der Waals surface area contributed by atoms with Gasteiger partial charge in [0.2, 0.25) is 0 Å². The standard InChI is InChI=1S/C30H44N6S/c1-23(27-8-7-9-28(31-27)35-16-10-25(21-35)33-12-3-4-13-33)18-24-19-29(32-30(20-24)37-2)36-17-11-26(22-36)34-14-5-6-15-34/h7-9,19-20,23,25-26H,3-6,10-18,21-22H2,1-2H3/t23?,25-,26+/m1/s1. The minimum Gasteiger partial charge on any atom is -0.355 e. The van der Waals surface area contributed by atoms with Gasteiger partial charge in [0.15, 0.2) is 0 Å². The predicted molar refractivity (Wildman–Crippen MR) is 155 cm³/mol. The molecular formula is C30H44N6S. The Hall–Kier alpha value is -1.83. The maximum atomic E-state index is 5.18. The Bertz CT molecular complexity index is 1050. The third kappa shape index (κ3) is 5.79. The summed E-state index contributed by atoms with van der Waals surface area (Å²) in [4.78, 5) is 20.6. The van der Waals surface area contributed by atoms with E-state index in [1.165, 1.54) is 81.8 Å². The second-order valence-corrected chi connectivity index (χ2v) is 12.5. The highest BCUT2D eigenvalue weighted by Gasteiger charge is 2.31. The number of anilines is 2. The normalized spacial score (nSPS) is 26.0. The molecule has 0 aromatic carbocycles. The molecule has 0 amide bonds. The van der Waals surface area contributed by atoms with Crippen molar-refractivity contribution in [3.63, 3.8) is 0 Å². The lowest BCUT2D eigenvalue weighted by Crippen LogP contribution is -2.35. The highest BCUT2D eigenvalue weighted by molar-refractivity contribution is 7.98.